The lowest BCUT2D eigenvalue weighted by molar-refractivity contribution is 0.566. The number of rotatable bonds is 3. The molecule has 5 heteroatoms. The monoisotopic (exact) mass is 283 g/mol. The van der Waals surface area contributed by atoms with Gasteiger partial charge >= 0.3 is 0 Å². The van der Waals surface area contributed by atoms with Crippen LogP contribution in [0.1, 0.15) is 29.7 Å². The molecule has 2 rings (SSSR count). The van der Waals surface area contributed by atoms with Gasteiger partial charge < -0.3 is 5.32 Å². The van der Waals surface area contributed by atoms with Crippen molar-refractivity contribution < 1.29 is 8.78 Å². The average Bonchev–Trinajstić information content (AvgIpc) is 2.46. The molecule has 3 nitrogen and oxygen atoms in total. The van der Waals surface area contributed by atoms with E-state index in [1.54, 1.807) is 13.0 Å². The van der Waals surface area contributed by atoms with Gasteiger partial charge in [0.05, 0.1) is 17.2 Å². The molecule has 0 saturated carbocycles. The van der Waals surface area contributed by atoms with Crippen LogP contribution in [0.15, 0.2) is 36.4 Å². The lowest BCUT2D eigenvalue weighted by Gasteiger charge is -2.16. The molecular weight excluding hydrogens is 272 g/mol. The summed E-state index contributed by atoms with van der Waals surface area (Å²) in [5.74, 6) is -1.27. The second-order valence-electron chi connectivity index (χ2n) is 4.52. The summed E-state index contributed by atoms with van der Waals surface area (Å²) >= 11 is 0. The maximum atomic E-state index is 13.7. The van der Waals surface area contributed by atoms with Gasteiger partial charge in [-0.1, -0.05) is 6.07 Å². The smallest absolute Gasteiger partial charge is 0.131 e. The van der Waals surface area contributed by atoms with Gasteiger partial charge in [0.15, 0.2) is 0 Å². The van der Waals surface area contributed by atoms with Crippen molar-refractivity contribution >= 4 is 5.69 Å². The summed E-state index contributed by atoms with van der Waals surface area (Å²) in [6.45, 7) is 1.72. The van der Waals surface area contributed by atoms with Crippen molar-refractivity contribution in [3.63, 3.8) is 0 Å². The molecule has 0 fully saturated rings. The highest BCUT2D eigenvalue weighted by Crippen LogP contribution is 2.23. The van der Waals surface area contributed by atoms with E-state index in [9.17, 15) is 8.78 Å². The number of anilines is 1. The first-order valence-electron chi connectivity index (χ1n) is 6.21. The molecule has 0 radical (unpaired) electrons. The lowest BCUT2D eigenvalue weighted by atomic mass is 10.1. The van der Waals surface area contributed by atoms with Crippen LogP contribution in [0.4, 0.5) is 14.5 Å². The third-order valence-corrected chi connectivity index (χ3v) is 3.07. The number of nitriles is 2. The first kappa shape index (κ1) is 14.5. The third-order valence-electron chi connectivity index (χ3n) is 3.07. The molecule has 1 N–H and O–H groups in total. The second kappa shape index (κ2) is 6.02. The number of hydrogen-bond acceptors (Lipinski definition) is 3. The van der Waals surface area contributed by atoms with Crippen LogP contribution in [-0.2, 0) is 0 Å². The number of nitrogens with one attached hydrogen (secondary N) is 1. The van der Waals surface area contributed by atoms with E-state index in [4.69, 9.17) is 10.5 Å². The zero-order valence-electron chi connectivity index (χ0n) is 11.2. The fraction of sp³-hybridized carbons (Fsp3) is 0.125. The highest BCUT2D eigenvalue weighted by molar-refractivity contribution is 5.57. The average molecular weight is 283 g/mol. The van der Waals surface area contributed by atoms with Gasteiger partial charge in [-0.15, -0.1) is 0 Å². The maximum Gasteiger partial charge on any atom is 0.131 e. The van der Waals surface area contributed by atoms with Crippen molar-refractivity contribution in [3.05, 3.63) is 64.7 Å². The van der Waals surface area contributed by atoms with E-state index in [1.807, 2.05) is 12.1 Å². The van der Waals surface area contributed by atoms with Crippen molar-refractivity contribution in [1.82, 2.24) is 0 Å². The Kier molecular flexibility index (Phi) is 4.15. The number of benzene rings is 2. The van der Waals surface area contributed by atoms with Gasteiger partial charge in [-0.05, 0) is 31.2 Å². The first-order chi connectivity index (χ1) is 10.0. The molecule has 0 aromatic heterocycles. The van der Waals surface area contributed by atoms with Gasteiger partial charge in [0.25, 0.3) is 0 Å². The summed E-state index contributed by atoms with van der Waals surface area (Å²) in [6.07, 6.45) is 0. The van der Waals surface area contributed by atoms with E-state index >= 15 is 0 Å². The molecule has 0 aliphatic heterocycles. The van der Waals surface area contributed by atoms with Crippen molar-refractivity contribution in [2.24, 2.45) is 0 Å². The Bertz CT molecular complexity index is 757. The molecule has 1 atom stereocenters. The van der Waals surface area contributed by atoms with Crippen LogP contribution >= 0.6 is 0 Å². The van der Waals surface area contributed by atoms with E-state index < -0.39 is 17.7 Å². The van der Waals surface area contributed by atoms with E-state index in [1.165, 1.54) is 24.3 Å². The van der Waals surface area contributed by atoms with Crippen LogP contribution in [-0.4, -0.2) is 0 Å². The van der Waals surface area contributed by atoms with Gasteiger partial charge in [0.1, 0.15) is 23.8 Å². The molecule has 0 aliphatic rings. The standard InChI is InChI=1S/C16H11F2N3/c1-10(15-5-3-13(17)7-16(15)18)21-14-4-2-11(8-19)12(6-14)9-20/h2-7,10,21H,1H3. The van der Waals surface area contributed by atoms with Gasteiger partial charge in [-0.2, -0.15) is 10.5 Å². The summed E-state index contributed by atoms with van der Waals surface area (Å²) in [5.41, 5.74) is 1.43. The minimum absolute atomic E-state index is 0.245. The Hall–Kier alpha value is -2.92. The Morgan fingerprint density at radius 2 is 1.71 bits per heavy atom. The minimum atomic E-state index is -0.635. The van der Waals surface area contributed by atoms with Crippen LogP contribution in [0.3, 0.4) is 0 Å². The van der Waals surface area contributed by atoms with Crippen LogP contribution in [0, 0.1) is 34.3 Å². The molecule has 0 amide bonds. The van der Waals surface area contributed by atoms with Crippen molar-refractivity contribution in [2.45, 2.75) is 13.0 Å². The summed E-state index contributed by atoms with van der Waals surface area (Å²) in [6, 6.07) is 11.5. The lowest BCUT2D eigenvalue weighted by Crippen LogP contribution is -2.09. The Balaban J connectivity index is 2.26. The van der Waals surface area contributed by atoms with Gasteiger partial charge in [0.2, 0.25) is 0 Å². The Morgan fingerprint density at radius 3 is 2.33 bits per heavy atom. The zero-order valence-corrected chi connectivity index (χ0v) is 11.2. The molecular formula is C16H11F2N3. The molecule has 0 aliphatic carbocycles. The first-order valence-corrected chi connectivity index (χ1v) is 6.21. The minimum Gasteiger partial charge on any atom is -0.378 e. The number of halogens is 2. The molecule has 2 aromatic rings. The topological polar surface area (TPSA) is 59.6 Å². The predicted molar refractivity (Wildman–Crippen MR) is 74.3 cm³/mol. The number of nitrogens with zero attached hydrogens (tertiary/aromatic N) is 2. The fourth-order valence-electron chi connectivity index (χ4n) is 2.00. The largest absolute Gasteiger partial charge is 0.378 e. The highest BCUT2D eigenvalue weighted by atomic mass is 19.1. The van der Waals surface area contributed by atoms with Crippen LogP contribution < -0.4 is 5.32 Å². The summed E-state index contributed by atoms with van der Waals surface area (Å²) < 4.78 is 26.6. The molecule has 0 saturated heterocycles. The van der Waals surface area contributed by atoms with Crippen molar-refractivity contribution in [1.29, 1.82) is 10.5 Å². The Morgan fingerprint density at radius 1 is 1.00 bits per heavy atom. The zero-order chi connectivity index (χ0) is 15.4. The van der Waals surface area contributed by atoms with E-state index in [-0.39, 0.29) is 11.1 Å². The van der Waals surface area contributed by atoms with Gasteiger partial charge in [0, 0.05) is 17.3 Å². The van der Waals surface area contributed by atoms with Crippen LogP contribution in [0.25, 0.3) is 0 Å². The van der Waals surface area contributed by atoms with Gasteiger partial charge in [-0.25, -0.2) is 8.78 Å². The molecule has 21 heavy (non-hydrogen) atoms. The maximum absolute atomic E-state index is 13.7. The quantitative estimate of drug-likeness (QED) is 0.929. The number of hydrogen-bond donors (Lipinski definition) is 1. The predicted octanol–water partition coefficient (Wildman–Crippen LogP) is 3.88. The van der Waals surface area contributed by atoms with E-state index in [2.05, 4.69) is 5.32 Å². The molecule has 104 valence electrons. The SMILES string of the molecule is CC(Nc1ccc(C#N)c(C#N)c1)c1ccc(F)cc1F. The molecule has 1 unspecified atom stereocenters. The third kappa shape index (κ3) is 3.16. The van der Waals surface area contributed by atoms with Crippen molar-refractivity contribution in [3.8, 4) is 12.1 Å². The molecule has 0 heterocycles. The summed E-state index contributed by atoms with van der Waals surface area (Å²) in [4.78, 5) is 0. The molecule has 0 spiro atoms. The second-order valence-corrected chi connectivity index (χ2v) is 4.52. The summed E-state index contributed by atoms with van der Waals surface area (Å²) in [5, 5.41) is 20.8. The highest BCUT2D eigenvalue weighted by Gasteiger charge is 2.12. The normalized spacial score (nSPS) is 11.3. The Labute approximate surface area is 121 Å². The molecule has 2 aromatic carbocycles. The summed E-state index contributed by atoms with van der Waals surface area (Å²) in [7, 11) is 0. The van der Waals surface area contributed by atoms with Gasteiger partial charge in [-0.3, -0.25) is 0 Å². The van der Waals surface area contributed by atoms with Crippen LogP contribution in [0.2, 0.25) is 0 Å². The van der Waals surface area contributed by atoms with E-state index in [0.717, 1.165) is 6.07 Å². The van der Waals surface area contributed by atoms with Crippen LogP contribution in [0.5, 0.6) is 0 Å². The van der Waals surface area contributed by atoms with E-state index in [0.29, 0.717) is 11.3 Å². The molecule has 0 bridgehead atoms. The van der Waals surface area contributed by atoms with Crippen molar-refractivity contribution in [2.75, 3.05) is 5.32 Å². The fourth-order valence-corrected chi connectivity index (χ4v) is 2.00.